The number of urea groups is 1. The Hall–Kier alpha value is -3.53. The van der Waals surface area contributed by atoms with Crippen LogP contribution in [0.1, 0.15) is 32.1 Å². The highest BCUT2D eigenvalue weighted by Gasteiger charge is 2.52. The zero-order chi connectivity index (χ0) is 22.3. The molecule has 2 N–H and O–H groups in total. The molecule has 2 aliphatic rings. The molecular weight excluding hydrogens is 430 g/mol. The van der Waals surface area contributed by atoms with E-state index < -0.39 is 17.5 Å². The molecule has 3 heterocycles. The maximum atomic E-state index is 13.0. The summed E-state index contributed by atoms with van der Waals surface area (Å²) in [6, 6.07) is 9.03. The fraction of sp³-hybridized carbons (Fsp3) is 0.318. The quantitative estimate of drug-likeness (QED) is 0.579. The van der Waals surface area contributed by atoms with Gasteiger partial charge >= 0.3 is 6.03 Å². The summed E-state index contributed by atoms with van der Waals surface area (Å²) in [6.07, 6.45) is 4.21. The van der Waals surface area contributed by atoms with Crippen molar-refractivity contribution in [3.05, 3.63) is 52.4 Å². The van der Waals surface area contributed by atoms with Crippen molar-refractivity contribution in [2.24, 2.45) is 0 Å². The number of nitrogens with zero attached hydrogens (tertiary/aromatic N) is 3. The largest absolute Gasteiger partial charge is 0.325 e. The highest BCUT2D eigenvalue weighted by molar-refractivity contribution is 7.17. The first kappa shape index (κ1) is 20.4. The number of amides is 4. The van der Waals surface area contributed by atoms with Crippen LogP contribution in [0, 0.1) is 0 Å². The van der Waals surface area contributed by atoms with Gasteiger partial charge in [-0.15, -0.1) is 11.3 Å². The molecule has 10 heteroatoms. The second kappa shape index (κ2) is 7.86. The van der Waals surface area contributed by atoms with Crippen molar-refractivity contribution >= 4 is 39.4 Å². The van der Waals surface area contributed by atoms with Crippen LogP contribution in [0.15, 0.2) is 46.8 Å². The summed E-state index contributed by atoms with van der Waals surface area (Å²) in [5.74, 6) is -0.753. The zero-order valence-corrected chi connectivity index (χ0v) is 18.0. The summed E-state index contributed by atoms with van der Waals surface area (Å²) < 4.78 is 1.05. The molecule has 1 aliphatic heterocycles. The Morgan fingerprint density at radius 1 is 1.16 bits per heavy atom. The molecule has 1 saturated carbocycles. The summed E-state index contributed by atoms with van der Waals surface area (Å²) >= 11 is 1.36. The predicted octanol–water partition coefficient (Wildman–Crippen LogP) is 2.45. The third-order valence-electron chi connectivity index (χ3n) is 6.09. The number of thiophene rings is 1. The molecule has 0 radical (unpaired) electrons. The first-order valence-corrected chi connectivity index (χ1v) is 11.3. The molecule has 1 aromatic carbocycles. The minimum atomic E-state index is -0.799. The van der Waals surface area contributed by atoms with Crippen molar-refractivity contribution in [1.29, 1.82) is 0 Å². The average molecular weight is 452 g/mol. The third-order valence-corrected chi connectivity index (χ3v) is 6.98. The van der Waals surface area contributed by atoms with Gasteiger partial charge in [-0.25, -0.2) is 14.5 Å². The number of imide groups is 1. The van der Waals surface area contributed by atoms with E-state index in [9.17, 15) is 19.2 Å². The Balaban J connectivity index is 1.31. The van der Waals surface area contributed by atoms with Crippen LogP contribution in [-0.2, 0) is 9.59 Å². The van der Waals surface area contributed by atoms with Crippen LogP contribution in [0.5, 0.6) is 0 Å². The van der Waals surface area contributed by atoms with Gasteiger partial charge in [0.05, 0.1) is 5.39 Å². The number of nitrogens with one attached hydrogen (secondary N) is 2. The maximum absolute atomic E-state index is 13.0. The topological polar surface area (TPSA) is 113 Å². The van der Waals surface area contributed by atoms with Crippen molar-refractivity contribution in [3.63, 3.8) is 0 Å². The minimum Gasteiger partial charge on any atom is -0.323 e. The number of rotatable bonds is 5. The van der Waals surface area contributed by atoms with E-state index in [2.05, 4.69) is 15.7 Å². The molecular formula is C22H21N5O4S. The molecule has 4 amide bonds. The van der Waals surface area contributed by atoms with Crippen LogP contribution in [-0.4, -0.2) is 44.5 Å². The number of carbonyl (C=O) groups excluding carboxylic acids is 3. The van der Waals surface area contributed by atoms with Crippen LogP contribution < -0.4 is 16.3 Å². The summed E-state index contributed by atoms with van der Waals surface area (Å²) in [6.45, 7) is -0.0452. The molecule has 32 heavy (non-hydrogen) atoms. The molecule has 1 spiro atoms. The highest BCUT2D eigenvalue weighted by atomic mass is 32.1. The first-order chi connectivity index (χ1) is 15.5. The number of hydrogen-bond donors (Lipinski definition) is 2. The maximum Gasteiger partial charge on any atom is 0.325 e. The van der Waals surface area contributed by atoms with E-state index in [4.69, 9.17) is 0 Å². The summed E-state index contributed by atoms with van der Waals surface area (Å²) in [5, 5.41) is 5.10. The van der Waals surface area contributed by atoms with E-state index >= 15 is 0 Å². The van der Waals surface area contributed by atoms with E-state index in [1.54, 1.807) is 0 Å². The van der Waals surface area contributed by atoms with Crippen LogP contribution >= 0.6 is 11.3 Å². The fourth-order valence-electron chi connectivity index (χ4n) is 4.44. The second-order valence-electron chi connectivity index (χ2n) is 8.08. The van der Waals surface area contributed by atoms with E-state index in [1.165, 1.54) is 17.7 Å². The minimum absolute atomic E-state index is 0.0452. The Labute approximate surface area is 187 Å². The van der Waals surface area contributed by atoms with Crippen molar-refractivity contribution in [3.8, 4) is 11.1 Å². The zero-order valence-electron chi connectivity index (χ0n) is 17.2. The lowest BCUT2D eigenvalue weighted by atomic mass is 9.98. The number of hydrogen-bond acceptors (Lipinski definition) is 6. The standard InChI is InChI=1S/C22H21N5O4S/c28-16(8-11-26-20(30)22(24-21(26)31)9-4-5-10-22)25-27-13-23-18-17(19(27)29)15(12-32-18)14-6-2-1-3-7-14/h1-3,6-7,12-13H,4-5,8-11H2,(H,24,31)(H,25,28). The smallest absolute Gasteiger partial charge is 0.323 e. The van der Waals surface area contributed by atoms with Gasteiger partial charge in [0, 0.05) is 23.9 Å². The Morgan fingerprint density at radius 2 is 1.91 bits per heavy atom. The van der Waals surface area contributed by atoms with Crippen molar-refractivity contribution in [2.75, 3.05) is 12.0 Å². The van der Waals surface area contributed by atoms with E-state index in [0.717, 1.165) is 33.5 Å². The molecule has 3 aromatic rings. The van der Waals surface area contributed by atoms with E-state index in [-0.39, 0.29) is 24.4 Å². The second-order valence-corrected chi connectivity index (χ2v) is 8.93. The summed E-state index contributed by atoms with van der Waals surface area (Å²) in [7, 11) is 0. The molecule has 2 fully saturated rings. The Kier molecular flexibility index (Phi) is 5.01. The summed E-state index contributed by atoms with van der Waals surface area (Å²) in [5.41, 5.74) is 2.99. The van der Waals surface area contributed by atoms with E-state index in [0.29, 0.717) is 23.1 Å². The normalized spacial score (nSPS) is 17.3. The molecule has 1 aliphatic carbocycles. The lowest BCUT2D eigenvalue weighted by molar-refractivity contribution is -0.131. The van der Waals surface area contributed by atoms with Crippen molar-refractivity contribution in [1.82, 2.24) is 19.9 Å². The molecule has 0 atom stereocenters. The molecule has 2 aromatic heterocycles. The van der Waals surface area contributed by atoms with Gasteiger partial charge in [-0.2, -0.15) is 0 Å². The molecule has 164 valence electrons. The Bertz CT molecular complexity index is 1280. The average Bonchev–Trinajstić information content (AvgIpc) is 3.49. The van der Waals surface area contributed by atoms with Gasteiger partial charge in [-0.1, -0.05) is 43.2 Å². The predicted molar refractivity (Wildman–Crippen MR) is 120 cm³/mol. The van der Waals surface area contributed by atoms with Gasteiger partial charge in [-0.05, 0) is 18.4 Å². The molecule has 5 rings (SSSR count). The molecule has 0 bridgehead atoms. The van der Waals surface area contributed by atoms with Crippen LogP contribution in [0.3, 0.4) is 0 Å². The molecule has 9 nitrogen and oxygen atoms in total. The van der Waals surface area contributed by atoms with Crippen molar-refractivity contribution in [2.45, 2.75) is 37.6 Å². The first-order valence-electron chi connectivity index (χ1n) is 10.5. The van der Waals surface area contributed by atoms with Crippen LogP contribution in [0.4, 0.5) is 4.79 Å². The SMILES string of the molecule is O=C(CCN1C(=O)NC2(CCCC2)C1=O)Nn1cnc2scc(-c3ccccc3)c2c1=O. The number of fused-ring (bicyclic) bond motifs is 1. The lowest BCUT2D eigenvalue weighted by Crippen LogP contribution is -2.44. The molecule has 0 unspecified atom stereocenters. The van der Waals surface area contributed by atoms with Crippen molar-refractivity contribution < 1.29 is 14.4 Å². The van der Waals surface area contributed by atoms with Gasteiger partial charge in [0.1, 0.15) is 16.7 Å². The third kappa shape index (κ3) is 3.36. The van der Waals surface area contributed by atoms with Crippen LogP contribution in [0.2, 0.25) is 0 Å². The summed E-state index contributed by atoms with van der Waals surface area (Å²) in [4.78, 5) is 56.5. The van der Waals surface area contributed by atoms with E-state index in [1.807, 2.05) is 35.7 Å². The molecule has 1 saturated heterocycles. The fourth-order valence-corrected chi connectivity index (χ4v) is 5.35. The lowest BCUT2D eigenvalue weighted by Gasteiger charge is -2.19. The van der Waals surface area contributed by atoms with Gasteiger partial charge in [0.2, 0.25) is 5.91 Å². The van der Waals surface area contributed by atoms with Gasteiger partial charge in [-0.3, -0.25) is 24.7 Å². The van der Waals surface area contributed by atoms with Gasteiger partial charge in [0.25, 0.3) is 11.5 Å². The highest BCUT2D eigenvalue weighted by Crippen LogP contribution is 2.35. The van der Waals surface area contributed by atoms with Gasteiger partial charge in [0.15, 0.2) is 0 Å². The van der Waals surface area contributed by atoms with Gasteiger partial charge < -0.3 is 5.32 Å². The number of benzene rings is 1. The monoisotopic (exact) mass is 451 g/mol. The number of carbonyl (C=O) groups is 3. The van der Waals surface area contributed by atoms with Crippen LogP contribution in [0.25, 0.3) is 21.3 Å². The Morgan fingerprint density at radius 3 is 2.66 bits per heavy atom. The number of aromatic nitrogens is 2.